The Labute approximate surface area is 50.4 Å². The summed E-state index contributed by atoms with van der Waals surface area (Å²) in [7, 11) is 0. The molecule has 0 aromatic heterocycles. The molecule has 0 fully saturated rings. The molecule has 5 heteroatoms. The van der Waals surface area contributed by atoms with Crippen molar-refractivity contribution in [3.05, 3.63) is 0 Å². The summed E-state index contributed by atoms with van der Waals surface area (Å²) in [5.41, 5.74) is 0. The SMILES string of the molecule is ClOOCl.[AlH3]. The smallest absolute Gasteiger partial charge is 0.102 e. The van der Waals surface area contributed by atoms with E-state index >= 15 is 0 Å². The molecule has 0 saturated carbocycles. The van der Waals surface area contributed by atoms with E-state index in [1.807, 2.05) is 0 Å². The molecule has 32 valence electrons. The van der Waals surface area contributed by atoms with Crippen molar-refractivity contribution in [2.24, 2.45) is 0 Å². The van der Waals surface area contributed by atoms with Gasteiger partial charge in [-0.25, -0.2) is 0 Å². The molecule has 0 bridgehead atoms. The van der Waals surface area contributed by atoms with E-state index in [1.165, 1.54) is 0 Å². The van der Waals surface area contributed by atoms with Crippen molar-refractivity contribution in [1.82, 2.24) is 0 Å². The van der Waals surface area contributed by atoms with Crippen LogP contribution in [0.15, 0.2) is 0 Å². The zero-order chi connectivity index (χ0) is 3.41. The largest absolute Gasteiger partial charge is 0.187 e. The van der Waals surface area contributed by atoms with Gasteiger partial charge in [-0.1, -0.05) is 0 Å². The summed E-state index contributed by atoms with van der Waals surface area (Å²) in [6.45, 7) is 0. The Balaban J connectivity index is 0. The van der Waals surface area contributed by atoms with Gasteiger partial charge in [0.25, 0.3) is 0 Å². The summed E-state index contributed by atoms with van der Waals surface area (Å²) in [6, 6.07) is 0. The van der Waals surface area contributed by atoms with Gasteiger partial charge in [-0.2, -0.15) is 0 Å². The molecule has 0 aliphatic heterocycles. The molecule has 0 aromatic carbocycles. The minimum Gasteiger partial charge on any atom is -0.102 e. The minimum atomic E-state index is 0. The first-order chi connectivity index (χ1) is 1.91. The van der Waals surface area contributed by atoms with Crippen LogP contribution in [0.1, 0.15) is 0 Å². The Kier molecular flexibility index (Phi) is 16.7. The number of halogens is 2. The normalized spacial score (nSPS) is 6.00. The van der Waals surface area contributed by atoms with Crippen LogP contribution in [0.2, 0.25) is 0 Å². The highest BCUT2D eigenvalue weighted by atomic mass is 35.5. The Morgan fingerprint density at radius 2 is 1.20 bits per heavy atom. The maximum atomic E-state index is 4.33. The topological polar surface area (TPSA) is 18.5 Å². The summed E-state index contributed by atoms with van der Waals surface area (Å²) in [4.78, 5) is 0. The highest BCUT2D eigenvalue weighted by molar-refractivity contribution is 6.10. The van der Waals surface area contributed by atoms with Crippen LogP contribution < -0.4 is 0 Å². The van der Waals surface area contributed by atoms with Gasteiger partial charge in [-0.3, -0.25) is 0 Å². The fourth-order valence-electron chi connectivity index (χ4n) is 0. The second-order valence-corrected chi connectivity index (χ2v) is 0.378. The van der Waals surface area contributed by atoms with Gasteiger partial charge in [0, 0.05) is 0 Å². The molecule has 2 nitrogen and oxygen atoms in total. The van der Waals surface area contributed by atoms with Crippen LogP contribution in [-0.2, 0) is 8.88 Å². The molecule has 0 atom stereocenters. The molecule has 0 aromatic rings. The molecule has 0 unspecified atom stereocenters. The fourth-order valence-corrected chi connectivity index (χ4v) is 0. The van der Waals surface area contributed by atoms with Crippen LogP contribution in [0.5, 0.6) is 0 Å². The second-order valence-electron chi connectivity index (χ2n) is 0.126. The van der Waals surface area contributed by atoms with Gasteiger partial charge in [0.2, 0.25) is 0 Å². The van der Waals surface area contributed by atoms with E-state index in [0.29, 0.717) is 0 Å². The van der Waals surface area contributed by atoms with Crippen molar-refractivity contribution in [1.29, 1.82) is 0 Å². The van der Waals surface area contributed by atoms with Gasteiger partial charge < -0.3 is 0 Å². The van der Waals surface area contributed by atoms with E-state index in [0.717, 1.165) is 0 Å². The van der Waals surface area contributed by atoms with Crippen LogP contribution in [0, 0.1) is 0 Å². The van der Waals surface area contributed by atoms with Gasteiger partial charge in [0.1, 0.15) is 23.7 Å². The highest BCUT2D eigenvalue weighted by Gasteiger charge is 1.58. The Bertz CT molecular complexity index is 9.61. The van der Waals surface area contributed by atoms with E-state index in [9.17, 15) is 0 Å². The number of hydrogen-bond acceptors (Lipinski definition) is 2. The van der Waals surface area contributed by atoms with E-state index < -0.39 is 0 Å². The van der Waals surface area contributed by atoms with Crippen molar-refractivity contribution in [2.75, 3.05) is 0 Å². The zero-order valence-electron chi connectivity index (χ0n) is 1.57. The molecule has 5 heavy (non-hydrogen) atoms. The third kappa shape index (κ3) is 11.2. The third-order valence-corrected chi connectivity index (χ3v) is 0.214. The van der Waals surface area contributed by atoms with Crippen molar-refractivity contribution in [3.63, 3.8) is 0 Å². The molecular weight excluding hydrogens is 130 g/mol. The summed E-state index contributed by atoms with van der Waals surface area (Å²) >= 11 is 8.66. The lowest BCUT2D eigenvalue weighted by atomic mass is 15.0. The monoisotopic (exact) mass is 132 g/mol. The predicted octanol–water partition coefficient (Wildman–Crippen LogP) is 0.0583. The van der Waals surface area contributed by atoms with E-state index in [4.69, 9.17) is 0 Å². The predicted molar refractivity (Wildman–Crippen MR) is 23.8 cm³/mol. The van der Waals surface area contributed by atoms with Crippen molar-refractivity contribution >= 4 is 41.1 Å². The summed E-state index contributed by atoms with van der Waals surface area (Å²) < 4.78 is 6.56. The lowest BCUT2D eigenvalue weighted by Gasteiger charge is -1.67. The molecule has 0 saturated heterocycles. The van der Waals surface area contributed by atoms with Gasteiger partial charge in [0.15, 0.2) is 17.4 Å². The van der Waals surface area contributed by atoms with Gasteiger partial charge in [-0.05, 0) is 0 Å². The van der Waals surface area contributed by atoms with E-state index in [2.05, 4.69) is 32.6 Å². The fraction of sp³-hybridized carbons (Fsp3) is 0. The summed E-state index contributed by atoms with van der Waals surface area (Å²) in [5, 5.41) is 0. The Morgan fingerprint density at radius 3 is 1.20 bits per heavy atom. The molecule has 0 spiro atoms. The number of rotatable bonds is 1. The second kappa shape index (κ2) is 8.90. The average molecular weight is 133 g/mol. The zero-order valence-corrected chi connectivity index (χ0v) is 3.08. The van der Waals surface area contributed by atoms with Crippen LogP contribution in [0.3, 0.4) is 0 Å². The maximum absolute atomic E-state index is 4.33. The Hall–Kier alpha value is 1.03. The average Bonchev–Trinajstić information content (AvgIpc) is 1.37. The van der Waals surface area contributed by atoms with Gasteiger partial charge in [-0.15, -0.1) is 8.88 Å². The summed E-state index contributed by atoms with van der Waals surface area (Å²) in [5.74, 6) is 0. The van der Waals surface area contributed by atoms with Crippen molar-refractivity contribution in [3.8, 4) is 0 Å². The molecule has 0 aliphatic carbocycles. The first-order valence-electron chi connectivity index (χ1n) is 0.475. The maximum Gasteiger partial charge on any atom is 0.187 e. The molecular formula is H3AlCl2O2. The van der Waals surface area contributed by atoms with Crippen LogP contribution in [-0.4, -0.2) is 17.4 Å². The molecule has 0 N–H and O–H groups in total. The molecule has 0 radical (unpaired) electrons. The lowest BCUT2D eigenvalue weighted by molar-refractivity contribution is -0.0832. The third-order valence-electron chi connectivity index (χ3n) is 0.0238. The Morgan fingerprint density at radius 1 is 1.00 bits per heavy atom. The number of hydrogen-bond donors (Lipinski definition) is 0. The van der Waals surface area contributed by atoms with Crippen molar-refractivity contribution < 1.29 is 8.88 Å². The van der Waals surface area contributed by atoms with E-state index in [1.54, 1.807) is 0 Å². The van der Waals surface area contributed by atoms with Crippen LogP contribution in [0.4, 0.5) is 0 Å². The van der Waals surface area contributed by atoms with Gasteiger partial charge in [0.05, 0.1) is 0 Å². The highest BCUT2D eigenvalue weighted by Crippen LogP contribution is 1.82. The molecule has 0 rings (SSSR count). The van der Waals surface area contributed by atoms with Gasteiger partial charge >= 0.3 is 0 Å². The molecule has 0 amide bonds. The first-order valence-corrected chi connectivity index (χ1v) is 1.09. The van der Waals surface area contributed by atoms with Crippen LogP contribution >= 0.6 is 23.7 Å². The lowest BCUT2D eigenvalue weighted by Crippen LogP contribution is -1.52. The van der Waals surface area contributed by atoms with E-state index in [-0.39, 0.29) is 17.4 Å². The summed E-state index contributed by atoms with van der Waals surface area (Å²) in [6.07, 6.45) is 0. The first kappa shape index (κ1) is 9.40. The standard InChI is InChI=1S/Al.Cl2O2.3H/c;1-3-4-2;;;. The molecule has 0 aliphatic rings. The van der Waals surface area contributed by atoms with Crippen LogP contribution in [0.25, 0.3) is 0 Å². The minimum absolute atomic E-state index is 0. The van der Waals surface area contributed by atoms with Crippen molar-refractivity contribution in [2.45, 2.75) is 0 Å². The quantitative estimate of drug-likeness (QED) is 0.286. The molecule has 0 heterocycles.